The van der Waals surface area contributed by atoms with Crippen molar-refractivity contribution in [2.24, 2.45) is 11.7 Å². The Balaban J connectivity index is 2.71. The van der Waals surface area contributed by atoms with Crippen molar-refractivity contribution < 1.29 is 14.3 Å². The number of rotatable bonds is 6. The molecule has 1 amide bonds. The molecule has 5 heteroatoms. The average Bonchev–Trinajstić information content (AvgIpc) is 2.30. The number of aliphatic hydroxyl groups excluding tert-OH is 1. The molecule has 0 unspecified atom stereocenters. The molecule has 1 aromatic rings. The Morgan fingerprint density at radius 1 is 1.50 bits per heavy atom. The highest BCUT2D eigenvalue weighted by atomic mass is 19.1. The van der Waals surface area contributed by atoms with Gasteiger partial charge in [-0.15, -0.1) is 0 Å². The zero-order valence-electron chi connectivity index (χ0n) is 10.6. The fourth-order valence-electron chi connectivity index (χ4n) is 1.60. The third kappa shape index (κ3) is 3.78. The summed E-state index contributed by atoms with van der Waals surface area (Å²) in [5, 5.41) is 12.2. The van der Waals surface area contributed by atoms with Gasteiger partial charge in [-0.1, -0.05) is 19.9 Å². The van der Waals surface area contributed by atoms with Crippen molar-refractivity contribution in [1.82, 2.24) is 5.32 Å². The molecule has 0 bridgehead atoms. The molecule has 0 spiro atoms. The highest BCUT2D eigenvalue weighted by molar-refractivity contribution is 5.92. The van der Waals surface area contributed by atoms with Gasteiger partial charge in [0.1, 0.15) is 5.82 Å². The van der Waals surface area contributed by atoms with Crippen molar-refractivity contribution in [2.45, 2.75) is 26.4 Å². The van der Waals surface area contributed by atoms with E-state index in [1.165, 1.54) is 12.1 Å². The lowest BCUT2D eigenvalue weighted by Crippen LogP contribution is -2.36. The van der Waals surface area contributed by atoms with Gasteiger partial charge in [-0.05, 0) is 18.1 Å². The maximum Gasteiger partial charge on any atom is 0.248 e. The minimum Gasteiger partial charge on any atom is -0.395 e. The zero-order valence-corrected chi connectivity index (χ0v) is 10.6. The summed E-state index contributed by atoms with van der Waals surface area (Å²) < 4.78 is 13.7. The fraction of sp³-hybridized carbons (Fsp3) is 0.462. The van der Waals surface area contributed by atoms with Crippen LogP contribution in [0.15, 0.2) is 18.2 Å². The van der Waals surface area contributed by atoms with Gasteiger partial charge in [-0.3, -0.25) is 4.79 Å². The van der Waals surface area contributed by atoms with Crippen LogP contribution >= 0.6 is 0 Å². The topological polar surface area (TPSA) is 75.3 Å². The Kier molecular flexibility index (Phi) is 5.25. The molecule has 18 heavy (non-hydrogen) atoms. The van der Waals surface area contributed by atoms with E-state index >= 15 is 0 Å². The second kappa shape index (κ2) is 6.47. The van der Waals surface area contributed by atoms with Gasteiger partial charge in [0.2, 0.25) is 5.91 Å². The number of hydrogen-bond acceptors (Lipinski definition) is 3. The number of hydrogen-bond donors (Lipinski definition) is 3. The molecule has 0 saturated carbocycles. The van der Waals surface area contributed by atoms with E-state index < -0.39 is 11.7 Å². The summed E-state index contributed by atoms with van der Waals surface area (Å²) in [5.74, 6) is -0.869. The number of primary amides is 1. The molecule has 0 radical (unpaired) electrons. The molecule has 1 atom stereocenters. The number of nitrogens with two attached hydrogens (primary N) is 1. The number of carbonyl (C=O) groups is 1. The van der Waals surface area contributed by atoms with Crippen molar-refractivity contribution in [1.29, 1.82) is 0 Å². The molecule has 4 nitrogen and oxygen atoms in total. The molecule has 100 valence electrons. The van der Waals surface area contributed by atoms with E-state index in [0.717, 1.165) is 6.07 Å². The van der Waals surface area contributed by atoms with Crippen LogP contribution in [0.4, 0.5) is 4.39 Å². The van der Waals surface area contributed by atoms with E-state index in [4.69, 9.17) is 10.8 Å². The standard InChI is InChI=1S/C13H19FN2O2/c1-8(2)12(7-17)16-6-10-4-3-9(13(15)18)5-11(10)14/h3-5,8,12,16-17H,6-7H2,1-2H3,(H2,15,18)/t12-/m1/s1. The van der Waals surface area contributed by atoms with Crippen LogP contribution in [0.5, 0.6) is 0 Å². The number of halogens is 1. The van der Waals surface area contributed by atoms with Crippen LogP contribution in [0.25, 0.3) is 0 Å². The second-order valence-electron chi connectivity index (χ2n) is 4.58. The Hall–Kier alpha value is -1.46. The van der Waals surface area contributed by atoms with E-state index in [9.17, 15) is 9.18 Å². The molecule has 0 aliphatic heterocycles. The first-order valence-electron chi connectivity index (χ1n) is 5.88. The van der Waals surface area contributed by atoms with E-state index in [-0.39, 0.29) is 24.1 Å². The van der Waals surface area contributed by atoms with Gasteiger partial charge in [-0.25, -0.2) is 4.39 Å². The molecule has 1 rings (SSSR count). The maximum absolute atomic E-state index is 13.7. The number of carbonyl (C=O) groups excluding carboxylic acids is 1. The van der Waals surface area contributed by atoms with Gasteiger partial charge in [-0.2, -0.15) is 0 Å². The Morgan fingerprint density at radius 2 is 2.17 bits per heavy atom. The first kappa shape index (κ1) is 14.6. The molecular weight excluding hydrogens is 235 g/mol. The van der Waals surface area contributed by atoms with Crippen molar-refractivity contribution in [3.8, 4) is 0 Å². The Labute approximate surface area is 106 Å². The summed E-state index contributed by atoms with van der Waals surface area (Å²) in [6.45, 7) is 4.24. The molecule has 0 saturated heterocycles. The minimum atomic E-state index is -0.649. The molecule has 0 fully saturated rings. The SMILES string of the molecule is CC(C)[C@@H](CO)NCc1ccc(C(N)=O)cc1F. The molecule has 0 aliphatic carbocycles. The highest BCUT2D eigenvalue weighted by Gasteiger charge is 2.13. The van der Waals surface area contributed by atoms with Crippen LogP contribution in [-0.4, -0.2) is 23.7 Å². The summed E-state index contributed by atoms with van der Waals surface area (Å²) in [7, 11) is 0. The van der Waals surface area contributed by atoms with Crippen molar-refractivity contribution in [3.05, 3.63) is 35.1 Å². The van der Waals surface area contributed by atoms with E-state index in [2.05, 4.69) is 5.32 Å². The number of amides is 1. The fourth-order valence-corrected chi connectivity index (χ4v) is 1.60. The third-order valence-corrected chi connectivity index (χ3v) is 2.89. The monoisotopic (exact) mass is 254 g/mol. The molecule has 0 heterocycles. The number of aliphatic hydroxyl groups is 1. The van der Waals surface area contributed by atoms with Crippen molar-refractivity contribution in [3.63, 3.8) is 0 Å². The lowest BCUT2D eigenvalue weighted by Gasteiger charge is -2.20. The van der Waals surface area contributed by atoms with Gasteiger partial charge in [0, 0.05) is 23.7 Å². The van der Waals surface area contributed by atoms with Crippen LogP contribution in [0.3, 0.4) is 0 Å². The van der Waals surface area contributed by atoms with Gasteiger partial charge in [0.05, 0.1) is 6.61 Å². The molecule has 4 N–H and O–H groups in total. The summed E-state index contributed by atoms with van der Waals surface area (Å²) in [4.78, 5) is 10.9. The van der Waals surface area contributed by atoms with Crippen LogP contribution in [0.2, 0.25) is 0 Å². The zero-order chi connectivity index (χ0) is 13.7. The minimum absolute atomic E-state index is 0.00133. The predicted molar refractivity (Wildman–Crippen MR) is 67.5 cm³/mol. The highest BCUT2D eigenvalue weighted by Crippen LogP contribution is 2.11. The summed E-state index contributed by atoms with van der Waals surface area (Å²) in [6.07, 6.45) is 0. The van der Waals surface area contributed by atoms with E-state index in [1.54, 1.807) is 0 Å². The van der Waals surface area contributed by atoms with E-state index in [1.807, 2.05) is 13.8 Å². The largest absolute Gasteiger partial charge is 0.395 e. The third-order valence-electron chi connectivity index (χ3n) is 2.89. The predicted octanol–water partition coefficient (Wildman–Crippen LogP) is 1.03. The van der Waals surface area contributed by atoms with Gasteiger partial charge < -0.3 is 16.2 Å². The van der Waals surface area contributed by atoms with Crippen LogP contribution in [0, 0.1) is 11.7 Å². The summed E-state index contributed by atoms with van der Waals surface area (Å²) >= 11 is 0. The number of nitrogens with one attached hydrogen (secondary N) is 1. The summed E-state index contributed by atoms with van der Waals surface area (Å²) in [6, 6.07) is 4.06. The van der Waals surface area contributed by atoms with Crippen molar-refractivity contribution in [2.75, 3.05) is 6.61 Å². The van der Waals surface area contributed by atoms with Gasteiger partial charge in [0.15, 0.2) is 0 Å². The van der Waals surface area contributed by atoms with E-state index in [0.29, 0.717) is 12.1 Å². The van der Waals surface area contributed by atoms with Crippen LogP contribution in [-0.2, 0) is 6.54 Å². The average molecular weight is 254 g/mol. The van der Waals surface area contributed by atoms with Crippen LogP contribution < -0.4 is 11.1 Å². The molecule has 1 aromatic carbocycles. The van der Waals surface area contributed by atoms with Gasteiger partial charge in [0.25, 0.3) is 0 Å². The molecular formula is C13H19FN2O2. The normalized spacial score (nSPS) is 12.7. The lowest BCUT2D eigenvalue weighted by molar-refractivity contribution is 0.1000. The Morgan fingerprint density at radius 3 is 2.61 bits per heavy atom. The van der Waals surface area contributed by atoms with Crippen molar-refractivity contribution >= 4 is 5.91 Å². The first-order chi connectivity index (χ1) is 8.45. The maximum atomic E-state index is 13.7. The first-order valence-corrected chi connectivity index (χ1v) is 5.88. The molecule has 0 aliphatic rings. The van der Waals surface area contributed by atoms with Crippen LogP contribution in [0.1, 0.15) is 29.8 Å². The second-order valence-corrected chi connectivity index (χ2v) is 4.58. The van der Waals surface area contributed by atoms with Gasteiger partial charge >= 0.3 is 0 Å². The smallest absolute Gasteiger partial charge is 0.248 e. The summed E-state index contributed by atoms with van der Waals surface area (Å²) in [5.41, 5.74) is 5.66. The number of benzene rings is 1. The lowest BCUT2D eigenvalue weighted by atomic mass is 10.0. The Bertz CT molecular complexity index is 421. The molecule has 0 aromatic heterocycles. The quantitative estimate of drug-likeness (QED) is 0.709.